The molecule has 40 heavy (non-hydrogen) atoms. The summed E-state index contributed by atoms with van der Waals surface area (Å²) in [6.45, 7) is 23.6. The van der Waals surface area contributed by atoms with Crippen LogP contribution in [-0.4, -0.2) is 70.0 Å². The van der Waals surface area contributed by atoms with E-state index in [1.807, 2.05) is 13.8 Å². The second kappa shape index (κ2) is 13.1. The zero-order valence-electron chi connectivity index (χ0n) is 27.0. The number of hydrogen-bond acceptors (Lipinski definition) is 8. The van der Waals surface area contributed by atoms with Crippen molar-refractivity contribution in [2.24, 2.45) is 46.3 Å². The lowest BCUT2D eigenvalue weighted by atomic mass is 9.64. The van der Waals surface area contributed by atoms with Crippen LogP contribution in [0, 0.1) is 46.3 Å². The first kappa shape index (κ1) is 35.1. The Morgan fingerprint density at radius 2 is 1.50 bits per heavy atom. The van der Waals surface area contributed by atoms with Crippen molar-refractivity contribution in [1.29, 1.82) is 0 Å². The summed E-state index contributed by atoms with van der Waals surface area (Å²) in [5.41, 5.74) is -2.82. The maximum absolute atomic E-state index is 13.7. The number of carbonyl (C=O) groups is 2. The minimum Gasteiger partial charge on any atom is -0.459 e. The summed E-state index contributed by atoms with van der Waals surface area (Å²) < 4.78 is 18.5. The predicted molar refractivity (Wildman–Crippen MR) is 154 cm³/mol. The topological polar surface area (TPSA) is 123 Å². The number of carbonyl (C=O) groups excluding carboxylic acids is 2. The molecule has 234 valence electrons. The first-order chi connectivity index (χ1) is 18.2. The van der Waals surface area contributed by atoms with Gasteiger partial charge in [0.25, 0.3) is 0 Å². The molecule has 0 aromatic carbocycles. The van der Waals surface area contributed by atoms with Crippen LogP contribution in [-0.2, 0) is 23.8 Å². The zero-order valence-corrected chi connectivity index (χ0v) is 27.0. The SMILES string of the molecule is CCC1OC(=O)[C@H](C)C(OC2CC(C)(C=O)C(O)C(C)O2)C(C)C(C)C(C)(C)CC(C)[C@H](C)[C@H](C)[C@@H](O)[C@]1(C)O. The highest BCUT2D eigenvalue weighted by atomic mass is 16.7. The largest absolute Gasteiger partial charge is 0.459 e. The number of aliphatic hydroxyl groups is 3. The van der Waals surface area contributed by atoms with E-state index in [2.05, 4.69) is 41.5 Å². The first-order valence-corrected chi connectivity index (χ1v) is 15.3. The van der Waals surface area contributed by atoms with Gasteiger partial charge < -0.3 is 34.3 Å². The highest BCUT2D eigenvalue weighted by molar-refractivity contribution is 5.73. The molecule has 0 saturated carbocycles. The van der Waals surface area contributed by atoms with Gasteiger partial charge in [-0.2, -0.15) is 0 Å². The highest BCUT2D eigenvalue weighted by Gasteiger charge is 2.50. The fourth-order valence-corrected chi connectivity index (χ4v) is 7.17. The Balaban J connectivity index is 2.54. The second-order valence-corrected chi connectivity index (χ2v) is 14.5. The Morgan fingerprint density at radius 3 is 2.02 bits per heavy atom. The fourth-order valence-electron chi connectivity index (χ4n) is 7.17. The van der Waals surface area contributed by atoms with Gasteiger partial charge in [-0.05, 0) is 68.6 Å². The smallest absolute Gasteiger partial charge is 0.311 e. The van der Waals surface area contributed by atoms with Crippen LogP contribution >= 0.6 is 0 Å². The van der Waals surface area contributed by atoms with E-state index in [0.717, 1.165) is 12.7 Å². The summed E-state index contributed by atoms with van der Waals surface area (Å²) in [5.74, 6) is -1.07. The summed E-state index contributed by atoms with van der Waals surface area (Å²) >= 11 is 0. The number of aldehydes is 1. The molecule has 0 aromatic heterocycles. The summed E-state index contributed by atoms with van der Waals surface area (Å²) in [5, 5.41) is 33.5. The molecule has 0 aliphatic carbocycles. The van der Waals surface area contributed by atoms with E-state index in [0.29, 0.717) is 6.42 Å². The van der Waals surface area contributed by atoms with Crippen molar-refractivity contribution in [2.75, 3.05) is 0 Å². The third kappa shape index (κ3) is 7.11. The number of ether oxygens (including phenoxy) is 3. The van der Waals surface area contributed by atoms with Crippen LogP contribution < -0.4 is 0 Å². The van der Waals surface area contributed by atoms with Crippen molar-refractivity contribution in [3.63, 3.8) is 0 Å². The van der Waals surface area contributed by atoms with Gasteiger partial charge in [-0.3, -0.25) is 4.79 Å². The fraction of sp³-hybridized carbons (Fsp3) is 0.938. The highest BCUT2D eigenvalue weighted by Crippen LogP contribution is 2.45. The average molecular weight is 571 g/mol. The third-order valence-electron chi connectivity index (χ3n) is 11.0. The maximum Gasteiger partial charge on any atom is 0.311 e. The molecule has 0 spiro atoms. The molecule has 2 aliphatic heterocycles. The summed E-state index contributed by atoms with van der Waals surface area (Å²) in [4.78, 5) is 25.6. The Bertz CT molecular complexity index is 858. The van der Waals surface area contributed by atoms with Gasteiger partial charge in [-0.25, -0.2) is 0 Å². The molecule has 9 unspecified atom stereocenters. The van der Waals surface area contributed by atoms with Crippen LogP contribution in [0.4, 0.5) is 0 Å². The van der Waals surface area contributed by atoms with Crippen molar-refractivity contribution < 1.29 is 39.1 Å². The summed E-state index contributed by atoms with van der Waals surface area (Å²) in [6.07, 6.45) is -2.85. The van der Waals surface area contributed by atoms with E-state index in [-0.39, 0.29) is 41.4 Å². The van der Waals surface area contributed by atoms with Crippen LogP contribution in [0.2, 0.25) is 0 Å². The Kier molecular flexibility index (Phi) is 11.5. The molecule has 8 heteroatoms. The van der Waals surface area contributed by atoms with Crippen LogP contribution in [0.5, 0.6) is 0 Å². The van der Waals surface area contributed by atoms with Gasteiger partial charge in [-0.1, -0.05) is 62.3 Å². The summed E-state index contributed by atoms with van der Waals surface area (Å²) in [7, 11) is 0. The number of aliphatic hydroxyl groups excluding tert-OH is 2. The van der Waals surface area contributed by atoms with E-state index >= 15 is 0 Å². The quantitative estimate of drug-likeness (QED) is 0.327. The van der Waals surface area contributed by atoms with E-state index in [4.69, 9.17) is 14.2 Å². The molecule has 2 aliphatic rings. The monoisotopic (exact) mass is 570 g/mol. The van der Waals surface area contributed by atoms with E-state index in [9.17, 15) is 24.9 Å². The van der Waals surface area contributed by atoms with Crippen LogP contribution in [0.1, 0.15) is 102 Å². The van der Waals surface area contributed by atoms with Crippen molar-refractivity contribution in [2.45, 2.75) is 145 Å². The molecular weight excluding hydrogens is 512 g/mol. The standard InChI is InChI=1S/C32H58O8/c1-13-24-32(12,37)27(34)19(4)18(3)17(2)14-30(9,10)22(7)20(5)26(21(6)29(36)39-24)40-25-15-31(11,16-33)28(35)23(8)38-25/h16-28,34-35,37H,13-15H2,1-12H3/t17?,18-,19-,20?,21+,22?,23?,24?,25?,26?,27+,28?,31?,32+/m0/s1. The van der Waals surface area contributed by atoms with Crippen LogP contribution in [0.15, 0.2) is 0 Å². The lowest BCUT2D eigenvalue weighted by molar-refractivity contribution is -0.275. The molecule has 2 heterocycles. The predicted octanol–water partition coefficient (Wildman–Crippen LogP) is 4.75. The molecule has 0 radical (unpaired) electrons. The van der Waals surface area contributed by atoms with Gasteiger partial charge in [0.2, 0.25) is 0 Å². The zero-order chi connectivity index (χ0) is 31.0. The molecule has 2 fully saturated rings. The minimum absolute atomic E-state index is 0.0974. The third-order valence-corrected chi connectivity index (χ3v) is 11.0. The van der Waals surface area contributed by atoms with E-state index < -0.39 is 59.7 Å². The van der Waals surface area contributed by atoms with Gasteiger partial charge in [0.15, 0.2) is 6.29 Å². The number of esters is 1. The molecule has 0 amide bonds. The molecule has 2 saturated heterocycles. The Labute approximate surface area is 242 Å². The van der Waals surface area contributed by atoms with Crippen molar-refractivity contribution in [1.82, 2.24) is 0 Å². The van der Waals surface area contributed by atoms with Gasteiger partial charge in [0, 0.05) is 6.42 Å². The molecule has 0 aromatic rings. The molecule has 0 bridgehead atoms. The van der Waals surface area contributed by atoms with Crippen LogP contribution in [0.25, 0.3) is 0 Å². The number of rotatable bonds is 4. The second-order valence-electron chi connectivity index (χ2n) is 14.5. The lowest BCUT2D eigenvalue weighted by Crippen LogP contribution is -2.56. The van der Waals surface area contributed by atoms with Crippen molar-refractivity contribution in [3.8, 4) is 0 Å². The molecule has 2 rings (SSSR count). The average Bonchev–Trinajstić information content (AvgIpc) is 2.89. The van der Waals surface area contributed by atoms with Crippen LogP contribution in [0.3, 0.4) is 0 Å². The van der Waals surface area contributed by atoms with Gasteiger partial charge in [0.1, 0.15) is 18.0 Å². The molecule has 14 atom stereocenters. The maximum atomic E-state index is 13.7. The molecule has 3 N–H and O–H groups in total. The normalized spacial score (nSPS) is 49.5. The summed E-state index contributed by atoms with van der Waals surface area (Å²) in [6, 6.07) is 0. The molecule has 8 nitrogen and oxygen atoms in total. The van der Waals surface area contributed by atoms with E-state index in [1.54, 1.807) is 27.7 Å². The Hall–Kier alpha value is -1.06. The number of cyclic esters (lactones) is 1. The minimum atomic E-state index is -1.64. The number of hydrogen-bond donors (Lipinski definition) is 3. The van der Waals surface area contributed by atoms with Gasteiger partial charge in [-0.15, -0.1) is 0 Å². The first-order valence-electron chi connectivity index (χ1n) is 15.3. The van der Waals surface area contributed by atoms with Crippen molar-refractivity contribution in [3.05, 3.63) is 0 Å². The lowest BCUT2D eigenvalue weighted by Gasteiger charge is -2.47. The Morgan fingerprint density at radius 1 is 0.925 bits per heavy atom. The van der Waals surface area contributed by atoms with Gasteiger partial charge >= 0.3 is 5.97 Å². The van der Waals surface area contributed by atoms with E-state index in [1.165, 1.54) is 0 Å². The van der Waals surface area contributed by atoms with Gasteiger partial charge in [0.05, 0.1) is 35.7 Å². The molecular formula is C32H58O8. The van der Waals surface area contributed by atoms with Crippen molar-refractivity contribution >= 4 is 12.3 Å².